The van der Waals surface area contributed by atoms with Crippen LogP contribution in [0.3, 0.4) is 0 Å². The third-order valence-electron chi connectivity index (χ3n) is 8.98. The van der Waals surface area contributed by atoms with Gasteiger partial charge in [0.05, 0.1) is 6.61 Å². The van der Waals surface area contributed by atoms with Crippen LogP contribution in [0.15, 0.2) is 48.5 Å². The SMILES string of the molecule is COCCN1C(=O)N(C2Cc3ccccc3C2)C(=O)C12CCN(Cc1ccc(N3CCCC3)cc1)CC2. The quantitative estimate of drug-likeness (QED) is 0.541. The van der Waals surface area contributed by atoms with Crippen molar-refractivity contribution < 1.29 is 14.3 Å². The molecule has 6 rings (SSSR count). The Morgan fingerprint density at radius 2 is 1.54 bits per heavy atom. The minimum Gasteiger partial charge on any atom is -0.383 e. The van der Waals surface area contributed by atoms with Crippen molar-refractivity contribution in [2.75, 3.05) is 51.3 Å². The molecule has 37 heavy (non-hydrogen) atoms. The maximum absolute atomic E-state index is 14.0. The van der Waals surface area contributed by atoms with Gasteiger partial charge in [-0.25, -0.2) is 4.79 Å². The lowest BCUT2D eigenvalue weighted by molar-refractivity contribution is -0.137. The van der Waals surface area contributed by atoms with Gasteiger partial charge in [0, 0.05) is 58.1 Å². The fraction of sp³-hybridized carbons (Fsp3) is 0.533. The molecule has 0 atom stereocenters. The molecule has 0 saturated carbocycles. The van der Waals surface area contributed by atoms with Crippen LogP contribution in [-0.2, 0) is 28.9 Å². The second kappa shape index (κ2) is 10.1. The molecule has 0 radical (unpaired) electrons. The Morgan fingerprint density at radius 3 is 2.16 bits per heavy atom. The number of imide groups is 1. The molecule has 0 aromatic heterocycles. The normalized spacial score (nSPS) is 22.0. The Kier molecular flexibility index (Phi) is 6.67. The van der Waals surface area contributed by atoms with E-state index in [1.54, 1.807) is 12.0 Å². The van der Waals surface area contributed by atoms with Crippen LogP contribution in [0, 0.1) is 0 Å². The number of amides is 3. The van der Waals surface area contributed by atoms with Crippen LogP contribution in [0.2, 0.25) is 0 Å². The standard InChI is InChI=1S/C30H38N4O3/c1-37-19-18-33-29(36)34(27-20-24-6-2-3-7-25(24)21-27)28(35)30(33)12-16-31(17-13-30)22-23-8-10-26(11-9-23)32-14-4-5-15-32/h2-3,6-11,27H,4-5,12-22H2,1H3. The van der Waals surface area contributed by atoms with Crippen LogP contribution in [0.1, 0.15) is 42.4 Å². The largest absolute Gasteiger partial charge is 0.383 e. The van der Waals surface area contributed by atoms with E-state index in [-0.39, 0.29) is 18.0 Å². The zero-order chi connectivity index (χ0) is 25.4. The first-order valence-corrected chi connectivity index (χ1v) is 13.9. The number of piperidine rings is 1. The number of urea groups is 1. The molecular formula is C30H38N4O3. The Balaban J connectivity index is 1.14. The number of ether oxygens (including phenoxy) is 1. The van der Waals surface area contributed by atoms with Crippen LogP contribution >= 0.6 is 0 Å². The molecule has 7 heteroatoms. The molecule has 3 fully saturated rings. The van der Waals surface area contributed by atoms with E-state index in [9.17, 15) is 9.59 Å². The molecule has 3 amide bonds. The first-order chi connectivity index (χ1) is 18.1. The summed E-state index contributed by atoms with van der Waals surface area (Å²) in [4.78, 5) is 36.1. The summed E-state index contributed by atoms with van der Waals surface area (Å²) in [6.07, 6.45) is 5.41. The van der Waals surface area contributed by atoms with Gasteiger partial charge in [-0.1, -0.05) is 36.4 Å². The number of likely N-dealkylation sites (tertiary alicyclic amines) is 1. The summed E-state index contributed by atoms with van der Waals surface area (Å²) >= 11 is 0. The van der Waals surface area contributed by atoms with E-state index in [1.807, 2.05) is 17.0 Å². The lowest BCUT2D eigenvalue weighted by atomic mass is 9.85. The first kappa shape index (κ1) is 24.4. The molecule has 1 aliphatic carbocycles. The highest BCUT2D eigenvalue weighted by Gasteiger charge is 2.59. The summed E-state index contributed by atoms with van der Waals surface area (Å²) in [6.45, 7) is 5.68. The van der Waals surface area contributed by atoms with Gasteiger partial charge in [0.25, 0.3) is 5.91 Å². The monoisotopic (exact) mass is 502 g/mol. The van der Waals surface area contributed by atoms with Crippen molar-refractivity contribution in [2.45, 2.75) is 56.7 Å². The van der Waals surface area contributed by atoms with E-state index in [4.69, 9.17) is 4.74 Å². The highest BCUT2D eigenvalue weighted by molar-refractivity contribution is 6.07. The van der Waals surface area contributed by atoms with Crippen LogP contribution in [0.25, 0.3) is 0 Å². The predicted octanol–water partition coefficient (Wildman–Crippen LogP) is 3.70. The van der Waals surface area contributed by atoms with E-state index in [0.717, 1.165) is 45.6 Å². The van der Waals surface area contributed by atoms with Gasteiger partial charge < -0.3 is 14.5 Å². The van der Waals surface area contributed by atoms with E-state index in [2.05, 4.69) is 46.2 Å². The molecule has 3 heterocycles. The van der Waals surface area contributed by atoms with Crippen LogP contribution in [0.5, 0.6) is 0 Å². The molecule has 0 N–H and O–H groups in total. The van der Waals surface area contributed by atoms with Gasteiger partial charge in [-0.3, -0.25) is 14.6 Å². The third-order valence-corrected chi connectivity index (χ3v) is 8.98. The summed E-state index contributed by atoms with van der Waals surface area (Å²) in [7, 11) is 1.65. The van der Waals surface area contributed by atoms with Crippen molar-refractivity contribution >= 4 is 17.6 Å². The van der Waals surface area contributed by atoms with Crippen molar-refractivity contribution in [1.29, 1.82) is 0 Å². The number of hydrogen-bond donors (Lipinski definition) is 0. The number of anilines is 1. The molecular weight excluding hydrogens is 464 g/mol. The summed E-state index contributed by atoms with van der Waals surface area (Å²) in [5.74, 6) is 0.000949. The number of carbonyl (C=O) groups excluding carboxylic acids is 2. The molecule has 3 saturated heterocycles. The molecule has 2 aromatic carbocycles. The molecule has 196 valence electrons. The second-order valence-electron chi connectivity index (χ2n) is 11.1. The molecule has 4 aliphatic rings. The topological polar surface area (TPSA) is 56.3 Å². The Hall–Kier alpha value is -2.90. The number of rotatable bonds is 7. The van der Waals surface area contributed by atoms with E-state index < -0.39 is 5.54 Å². The summed E-state index contributed by atoms with van der Waals surface area (Å²) in [5.41, 5.74) is 4.37. The lowest BCUT2D eigenvalue weighted by Gasteiger charge is -2.42. The van der Waals surface area contributed by atoms with Gasteiger partial charge in [-0.15, -0.1) is 0 Å². The maximum Gasteiger partial charge on any atom is 0.328 e. The van der Waals surface area contributed by atoms with Crippen molar-refractivity contribution in [3.8, 4) is 0 Å². The highest BCUT2D eigenvalue weighted by atomic mass is 16.5. The van der Waals surface area contributed by atoms with Gasteiger partial charge in [-0.05, 0) is 67.3 Å². The van der Waals surface area contributed by atoms with Crippen molar-refractivity contribution in [3.05, 3.63) is 65.2 Å². The Labute approximate surface area is 220 Å². The number of carbonyl (C=O) groups is 2. The molecule has 0 unspecified atom stereocenters. The Bertz CT molecular complexity index is 1110. The van der Waals surface area contributed by atoms with Gasteiger partial charge in [0.1, 0.15) is 5.54 Å². The van der Waals surface area contributed by atoms with E-state index >= 15 is 0 Å². The minimum absolute atomic E-state index is 0.000949. The number of fused-ring (bicyclic) bond motifs is 1. The number of hydrogen-bond acceptors (Lipinski definition) is 5. The van der Waals surface area contributed by atoms with Gasteiger partial charge in [-0.2, -0.15) is 0 Å². The Morgan fingerprint density at radius 1 is 0.892 bits per heavy atom. The van der Waals surface area contributed by atoms with Gasteiger partial charge in [0.15, 0.2) is 0 Å². The summed E-state index contributed by atoms with van der Waals surface area (Å²) in [5, 5.41) is 0. The van der Waals surface area contributed by atoms with Crippen LogP contribution in [-0.4, -0.2) is 84.7 Å². The third kappa shape index (κ3) is 4.42. The fourth-order valence-electron chi connectivity index (χ4n) is 6.88. The van der Waals surface area contributed by atoms with Crippen molar-refractivity contribution in [3.63, 3.8) is 0 Å². The van der Waals surface area contributed by atoms with Crippen LogP contribution in [0.4, 0.5) is 10.5 Å². The average Bonchev–Trinajstić information content (AvgIpc) is 3.64. The first-order valence-electron chi connectivity index (χ1n) is 13.9. The fourth-order valence-corrected chi connectivity index (χ4v) is 6.88. The minimum atomic E-state index is -0.750. The van der Waals surface area contributed by atoms with Crippen LogP contribution < -0.4 is 4.90 Å². The second-order valence-corrected chi connectivity index (χ2v) is 11.1. The molecule has 7 nitrogen and oxygen atoms in total. The van der Waals surface area contributed by atoms with E-state index in [1.165, 1.54) is 35.2 Å². The maximum atomic E-state index is 14.0. The lowest BCUT2D eigenvalue weighted by Crippen LogP contribution is -2.57. The van der Waals surface area contributed by atoms with Crippen molar-refractivity contribution in [1.82, 2.24) is 14.7 Å². The predicted molar refractivity (Wildman–Crippen MR) is 144 cm³/mol. The average molecular weight is 503 g/mol. The molecule has 3 aliphatic heterocycles. The summed E-state index contributed by atoms with van der Waals surface area (Å²) < 4.78 is 5.34. The smallest absolute Gasteiger partial charge is 0.328 e. The van der Waals surface area contributed by atoms with Gasteiger partial charge >= 0.3 is 6.03 Å². The molecule has 0 bridgehead atoms. The number of nitrogens with zero attached hydrogens (tertiary/aromatic N) is 4. The molecule has 1 spiro atoms. The number of methoxy groups -OCH3 is 1. The summed E-state index contributed by atoms with van der Waals surface area (Å²) in [6, 6.07) is 17.1. The van der Waals surface area contributed by atoms with E-state index in [0.29, 0.717) is 26.0 Å². The molecule has 2 aromatic rings. The zero-order valence-electron chi connectivity index (χ0n) is 21.9. The highest BCUT2D eigenvalue weighted by Crippen LogP contribution is 2.40. The van der Waals surface area contributed by atoms with Gasteiger partial charge in [0.2, 0.25) is 0 Å². The zero-order valence-corrected chi connectivity index (χ0v) is 21.9. The van der Waals surface area contributed by atoms with Crippen molar-refractivity contribution in [2.24, 2.45) is 0 Å². The number of benzene rings is 2.